The first-order chi connectivity index (χ1) is 7.62. The van der Waals surface area contributed by atoms with Crippen LogP contribution in [0.4, 0.5) is 0 Å². The maximum Gasteiger partial charge on any atom is 0.0504 e. The molecular weight excluding hydrogens is 194 g/mol. The van der Waals surface area contributed by atoms with Gasteiger partial charge in [0.15, 0.2) is 0 Å². The Kier molecular flexibility index (Phi) is 4.34. The standard InChI is InChI=1S/C15H19N/c1-4-15(3,13(2)12-16)11-10-14-8-6-5-7-9-14/h4-9,13H,1,12,16H2,2-3H3. The predicted octanol–water partition coefficient (Wildman–Crippen LogP) is 2.83. The Morgan fingerprint density at radius 3 is 2.56 bits per heavy atom. The van der Waals surface area contributed by atoms with Crippen molar-refractivity contribution in [2.45, 2.75) is 13.8 Å². The van der Waals surface area contributed by atoms with Gasteiger partial charge in [-0.3, -0.25) is 0 Å². The fraction of sp³-hybridized carbons (Fsp3) is 0.333. The molecule has 1 heteroatoms. The molecule has 0 radical (unpaired) electrons. The lowest BCUT2D eigenvalue weighted by molar-refractivity contribution is 0.377. The fourth-order valence-corrected chi connectivity index (χ4v) is 1.35. The predicted molar refractivity (Wildman–Crippen MR) is 69.8 cm³/mol. The summed E-state index contributed by atoms with van der Waals surface area (Å²) in [6, 6.07) is 9.97. The van der Waals surface area contributed by atoms with Crippen molar-refractivity contribution in [2.75, 3.05) is 6.54 Å². The van der Waals surface area contributed by atoms with Crippen LogP contribution in [0.3, 0.4) is 0 Å². The van der Waals surface area contributed by atoms with E-state index in [4.69, 9.17) is 5.73 Å². The van der Waals surface area contributed by atoms with Crippen molar-refractivity contribution in [3.05, 3.63) is 48.6 Å². The molecule has 1 rings (SSSR count). The molecule has 16 heavy (non-hydrogen) atoms. The first-order valence-electron chi connectivity index (χ1n) is 5.54. The van der Waals surface area contributed by atoms with Gasteiger partial charge in [0.25, 0.3) is 0 Å². The van der Waals surface area contributed by atoms with Gasteiger partial charge in [-0.25, -0.2) is 0 Å². The van der Waals surface area contributed by atoms with Crippen molar-refractivity contribution in [2.24, 2.45) is 17.1 Å². The minimum Gasteiger partial charge on any atom is -0.330 e. The molecule has 0 aliphatic heterocycles. The molecule has 1 aromatic rings. The molecule has 0 amide bonds. The molecule has 0 saturated heterocycles. The Hall–Kier alpha value is -1.52. The Morgan fingerprint density at radius 2 is 2.06 bits per heavy atom. The summed E-state index contributed by atoms with van der Waals surface area (Å²) in [7, 11) is 0. The van der Waals surface area contributed by atoms with Crippen molar-refractivity contribution < 1.29 is 0 Å². The molecule has 0 aliphatic carbocycles. The van der Waals surface area contributed by atoms with Gasteiger partial charge in [0.2, 0.25) is 0 Å². The van der Waals surface area contributed by atoms with Crippen molar-refractivity contribution in [3.63, 3.8) is 0 Å². The molecule has 0 heterocycles. The molecule has 2 atom stereocenters. The van der Waals surface area contributed by atoms with Crippen LogP contribution in [0.5, 0.6) is 0 Å². The summed E-state index contributed by atoms with van der Waals surface area (Å²) in [5.41, 5.74) is 6.50. The number of allylic oxidation sites excluding steroid dienone is 1. The van der Waals surface area contributed by atoms with Crippen LogP contribution in [0.25, 0.3) is 0 Å². The van der Waals surface area contributed by atoms with E-state index in [0.717, 1.165) is 5.56 Å². The highest BCUT2D eigenvalue weighted by atomic mass is 14.6. The molecule has 1 aromatic carbocycles. The number of benzene rings is 1. The van der Waals surface area contributed by atoms with Crippen LogP contribution in [-0.4, -0.2) is 6.54 Å². The minimum atomic E-state index is -0.218. The van der Waals surface area contributed by atoms with E-state index in [-0.39, 0.29) is 5.41 Å². The Balaban J connectivity index is 2.94. The van der Waals surface area contributed by atoms with E-state index in [9.17, 15) is 0 Å². The Labute approximate surface area is 98.4 Å². The number of hydrogen-bond acceptors (Lipinski definition) is 1. The first kappa shape index (κ1) is 12.5. The normalized spacial score (nSPS) is 15.4. The summed E-state index contributed by atoms with van der Waals surface area (Å²) in [6.45, 7) is 8.65. The zero-order valence-electron chi connectivity index (χ0n) is 10.0. The number of nitrogens with two attached hydrogens (primary N) is 1. The van der Waals surface area contributed by atoms with Crippen molar-refractivity contribution >= 4 is 0 Å². The van der Waals surface area contributed by atoms with Crippen LogP contribution in [0.2, 0.25) is 0 Å². The van der Waals surface area contributed by atoms with E-state index in [0.29, 0.717) is 12.5 Å². The zero-order valence-corrected chi connectivity index (χ0v) is 10.0. The summed E-state index contributed by atoms with van der Waals surface area (Å²) in [5.74, 6) is 6.75. The van der Waals surface area contributed by atoms with Gasteiger partial charge in [0, 0.05) is 5.56 Å². The minimum absolute atomic E-state index is 0.218. The third kappa shape index (κ3) is 2.98. The molecule has 0 aromatic heterocycles. The average molecular weight is 213 g/mol. The highest BCUT2D eigenvalue weighted by Crippen LogP contribution is 2.26. The summed E-state index contributed by atoms with van der Waals surface area (Å²) < 4.78 is 0. The maximum atomic E-state index is 5.69. The topological polar surface area (TPSA) is 26.0 Å². The third-order valence-electron chi connectivity index (χ3n) is 3.05. The van der Waals surface area contributed by atoms with Crippen molar-refractivity contribution in [1.29, 1.82) is 0 Å². The first-order valence-corrected chi connectivity index (χ1v) is 5.54. The third-order valence-corrected chi connectivity index (χ3v) is 3.05. The molecule has 2 N–H and O–H groups in total. The molecule has 0 spiro atoms. The van der Waals surface area contributed by atoms with E-state index in [1.165, 1.54) is 0 Å². The molecule has 1 nitrogen and oxygen atoms in total. The largest absolute Gasteiger partial charge is 0.330 e. The quantitative estimate of drug-likeness (QED) is 0.606. The van der Waals surface area contributed by atoms with Crippen LogP contribution in [0.1, 0.15) is 19.4 Å². The molecule has 0 fully saturated rings. The van der Waals surface area contributed by atoms with E-state index in [2.05, 4.69) is 32.3 Å². The van der Waals surface area contributed by atoms with Gasteiger partial charge in [0.05, 0.1) is 5.41 Å². The number of rotatable bonds is 3. The molecule has 84 valence electrons. The van der Waals surface area contributed by atoms with Crippen LogP contribution in [-0.2, 0) is 0 Å². The van der Waals surface area contributed by atoms with Gasteiger partial charge in [-0.2, -0.15) is 0 Å². The highest BCUT2D eigenvalue weighted by Gasteiger charge is 2.24. The van der Waals surface area contributed by atoms with Gasteiger partial charge in [-0.1, -0.05) is 43.0 Å². The van der Waals surface area contributed by atoms with Crippen LogP contribution in [0, 0.1) is 23.2 Å². The van der Waals surface area contributed by atoms with Crippen molar-refractivity contribution in [1.82, 2.24) is 0 Å². The van der Waals surface area contributed by atoms with Gasteiger partial charge in [0.1, 0.15) is 0 Å². The lowest BCUT2D eigenvalue weighted by Crippen LogP contribution is -2.27. The maximum absolute atomic E-state index is 5.69. The summed E-state index contributed by atoms with van der Waals surface area (Å²) in [6.07, 6.45) is 1.89. The smallest absolute Gasteiger partial charge is 0.0504 e. The van der Waals surface area contributed by atoms with Gasteiger partial charge in [-0.05, 0) is 31.5 Å². The van der Waals surface area contributed by atoms with Crippen molar-refractivity contribution in [3.8, 4) is 11.8 Å². The highest BCUT2D eigenvalue weighted by molar-refractivity contribution is 5.36. The van der Waals surface area contributed by atoms with Crippen LogP contribution in [0.15, 0.2) is 43.0 Å². The second-order valence-corrected chi connectivity index (χ2v) is 4.24. The lowest BCUT2D eigenvalue weighted by Gasteiger charge is -2.25. The summed E-state index contributed by atoms with van der Waals surface area (Å²) >= 11 is 0. The van der Waals surface area contributed by atoms with E-state index in [1.54, 1.807) is 0 Å². The second kappa shape index (κ2) is 5.53. The molecule has 0 saturated carbocycles. The lowest BCUT2D eigenvalue weighted by atomic mass is 9.78. The molecular formula is C15H19N. The Morgan fingerprint density at radius 1 is 1.44 bits per heavy atom. The van der Waals surface area contributed by atoms with E-state index in [1.807, 2.05) is 36.4 Å². The van der Waals surface area contributed by atoms with Gasteiger partial charge >= 0.3 is 0 Å². The molecule has 0 bridgehead atoms. The van der Waals surface area contributed by atoms with Gasteiger partial charge < -0.3 is 5.73 Å². The monoisotopic (exact) mass is 213 g/mol. The zero-order chi connectivity index (χ0) is 12.0. The SMILES string of the molecule is C=CC(C)(C#Cc1ccccc1)C(C)CN. The second-order valence-electron chi connectivity index (χ2n) is 4.24. The number of hydrogen-bond donors (Lipinski definition) is 1. The Bertz CT molecular complexity index is 396. The average Bonchev–Trinajstić information content (AvgIpc) is 2.36. The van der Waals surface area contributed by atoms with Crippen LogP contribution < -0.4 is 5.73 Å². The molecule has 2 unspecified atom stereocenters. The van der Waals surface area contributed by atoms with Crippen LogP contribution >= 0.6 is 0 Å². The molecule has 0 aliphatic rings. The van der Waals surface area contributed by atoms with Gasteiger partial charge in [-0.15, -0.1) is 6.58 Å². The fourth-order valence-electron chi connectivity index (χ4n) is 1.35. The van der Waals surface area contributed by atoms with E-state index >= 15 is 0 Å². The van der Waals surface area contributed by atoms with E-state index < -0.39 is 0 Å². The summed E-state index contributed by atoms with van der Waals surface area (Å²) in [4.78, 5) is 0. The summed E-state index contributed by atoms with van der Waals surface area (Å²) in [5, 5.41) is 0.